The molecule has 1 saturated heterocycles. The highest BCUT2D eigenvalue weighted by atomic mass is 35.5. The van der Waals surface area contributed by atoms with Crippen LogP contribution in [0.15, 0.2) is 11.6 Å². The molecule has 0 aromatic carbocycles. The molecule has 0 aromatic heterocycles. The predicted octanol–water partition coefficient (Wildman–Crippen LogP) is 1.46. The second-order valence-corrected chi connectivity index (χ2v) is 3.05. The highest BCUT2D eigenvalue weighted by Crippen LogP contribution is 2.03. The predicted molar refractivity (Wildman–Crippen MR) is 46.8 cm³/mol. The Morgan fingerprint density at radius 2 is 2.55 bits per heavy atom. The third kappa shape index (κ3) is 3.23. The van der Waals surface area contributed by atoms with Crippen molar-refractivity contribution in [3.8, 4) is 0 Å². The molecule has 2 nitrogen and oxygen atoms in total. The van der Waals surface area contributed by atoms with Crippen molar-refractivity contribution in [1.29, 1.82) is 0 Å². The van der Waals surface area contributed by atoms with Gasteiger partial charge in [0.25, 0.3) is 0 Å². The Morgan fingerprint density at radius 3 is 3.18 bits per heavy atom. The van der Waals surface area contributed by atoms with Crippen LogP contribution in [-0.4, -0.2) is 37.2 Å². The fraction of sp³-hybridized carbons (Fsp3) is 0.750. The van der Waals surface area contributed by atoms with Crippen molar-refractivity contribution in [3.05, 3.63) is 11.6 Å². The summed E-state index contributed by atoms with van der Waals surface area (Å²) < 4.78 is 5.39. The number of ether oxygens (including phenoxy) is 1. The highest BCUT2D eigenvalue weighted by Gasteiger charge is 2.14. The van der Waals surface area contributed by atoms with E-state index in [2.05, 4.69) is 11.8 Å². The van der Waals surface area contributed by atoms with Crippen molar-refractivity contribution in [3.63, 3.8) is 0 Å². The average Bonchev–Trinajstić information content (AvgIpc) is 2.01. The van der Waals surface area contributed by atoms with E-state index in [0.29, 0.717) is 6.10 Å². The normalized spacial score (nSPS) is 28.0. The lowest BCUT2D eigenvalue weighted by molar-refractivity contribution is -0.0140. The monoisotopic (exact) mass is 175 g/mol. The van der Waals surface area contributed by atoms with Crippen LogP contribution in [0.2, 0.25) is 0 Å². The van der Waals surface area contributed by atoms with Gasteiger partial charge in [-0.25, -0.2) is 0 Å². The molecule has 1 aliphatic rings. The zero-order valence-electron chi connectivity index (χ0n) is 6.79. The van der Waals surface area contributed by atoms with Gasteiger partial charge in [0.05, 0.1) is 12.7 Å². The van der Waals surface area contributed by atoms with Gasteiger partial charge in [0.15, 0.2) is 0 Å². The maximum atomic E-state index is 5.42. The van der Waals surface area contributed by atoms with Crippen LogP contribution >= 0.6 is 11.6 Å². The van der Waals surface area contributed by atoms with Crippen LogP contribution in [0, 0.1) is 0 Å². The SMILES string of the molecule is C[C@@H]1CN(C/C=C/Cl)CCO1. The largest absolute Gasteiger partial charge is 0.376 e. The molecule has 11 heavy (non-hydrogen) atoms. The standard InChI is InChI=1S/C8H14ClNO/c1-8-7-10(4-2-3-9)5-6-11-8/h2-3,8H,4-7H2,1H3/b3-2+/t8-/m1/s1. The van der Waals surface area contributed by atoms with Gasteiger partial charge in [-0.1, -0.05) is 17.7 Å². The quantitative estimate of drug-likeness (QED) is 0.630. The molecule has 64 valence electrons. The summed E-state index contributed by atoms with van der Waals surface area (Å²) >= 11 is 5.42. The molecule has 0 bridgehead atoms. The summed E-state index contributed by atoms with van der Waals surface area (Å²) in [4.78, 5) is 2.33. The Balaban J connectivity index is 2.22. The number of morpholine rings is 1. The molecule has 0 N–H and O–H groups in total. The minimum atomic E-state index is 0.368. The number of halogens is 1. The van der Waals surface area contributed by atoms with E-state index >= 15 is 0 Å². The second-order valence-electron chi connectivity index (χ2n) is 2.80. The summed E-state index contributed by atoms with van der Waals surface area (Å²) in [5.74, 6) is 0. The number of nitrogens with zero attached hydrogens (tertiary/aromatic N) is 1. The van der Waals surface area contributed by atoms with E-state index < -0.39 is 0 Å². The molecule has 0 saturated carbocycles. The van der Waals surface area contributed by atoms with Gasteiger partial charge in [-0.15, -0.1) is 0 Å². The summed E-state index contributed by atoms with van der Waals surface area (Å²) in [7, 11) is 0. The first-order chi connectivity index (χ1) is 5.33. The maximum Gasteiger partial charge on any atom is 0.0674 e. The molecule has 0 spiro atoms. The van der Waals surface area contributed by atoms with Crippen molar-refractivity contribution in [2.45, 2.75) is 13.0 Å². The lowest BCUT2D eigenvalue weighted by atomic mass is 10.3. The molecule has 1 heterocycles. The highest BCUT2D eigenvalue weighted by molar-refractivity contribution is 6.25. The van der Waals surface area contributed by atoms with E-state index in [0.717, 1.165) is 26.2 Å². The van der Waals surface area contributed by atoms with E-state index in [1.807, 2.05) is 6.08 Å². The van der Waals surface area contributed by atoms with Crippen molar-refractivity contribution in [2.75, 3.05) is 26.2 Å². The molecular formula is C8H14ClNO. The molecule has 0 radical (unpaired) electrons. The Labute approximate surface area is 72.8 Å². The lowest BCUT2D eigenvalue weighted by Crippen LogP contribution is -2.40. The zero-order valence-corrected chi connectivity index (χ0v) is 7.55. The smallest absolute Gasteiger partial charge is 0.0674 e. The number of rotatable bonds is 2. The van der Waals surface area contributed by atoms with Crippen LogP contribution in [0.5, 0.6) is 0 Å². The zero-order chi connectivity index (χ0) is 8.10. The van der Waals surface area contributed by atoms with E-state index in [4.69, 9.17) is 16.3 Å². The molecule has 0 aromatic rings. The third-order valence-electron chi connectivity index (χ3n) is 1.78. The van der Waals surface area contributed by atoms with E-state index in [1.54, 1.807) is 5.54 Å². The molecule has 1 rings (SSSR count). The minimum absolute atomic E-state index is 0.368. The van der Waals surface area contributed by atoms with Gasteiger partial charge in [0.2, 0.25) is 0 Å². The van der Waals surface area contributed by atoms with Crippen molar-refractivity contribution in [1.82, 2.24) is 4.90 Å². The molecule has 3 heteroatoms. The summed E-state index contributed by atoms with van der Waals surface area (Å²) in [6.45, 7) is 5.91. The first-order valence-corrected chi connectivity index (χ1v) is 4.35. The topological polar surface area (TPSA) is 12.5 Å². The van der Waals surface area contributed by atoms with E-state index in [9.17, 15) is 0 Å². The number of hydrogen-bond acceptors (Lipinski definition) is 2. The first kappa shape index (κ1) is 9.04. The van der Waals surface area contributed by atoms with Gasteiger partial charge in [-0.2, -0.15) is 0 Å². The van der Waals surface area contributed by atoms with Crippen molar-refractivity contribution < 1.29 is 4.74 Å². The molecule has 0 amide bonds. The Bertz CT molecular complexity index is 138. The average molecular weight is 176 g/mol. The van der Waals surface area contributed by atoms with Gasteiger partial charge in [0.1, 0.15) is 0 Å². The van der Waals surface area contributed by atoms with Gasteiger partial charge >= 0.3 is 0 Å². The summed E-state index contributed by atoms with van der Waals surface area (Å²) in [5.41, 5.74) is 1.57. The Hall–Kier alpha value is -0.0500. The first-order valence-electron chi connectivity index (χ1n) is 3.92. The second kappa shape index (κ2) is 4.75. The minimum Gasteiger partial charge on any atom is -0.376 e. The van der Waals surface area contributed by atoms with Gasteiger partial charge in [0, 0.05) is 25.2 Å². The van der Waals surface area contributed by atoms with Crippen molar-refractivity contribution >= 4 is 11.6 Å². The molecule has 1 aliphatic heterocycles. The molecule has 1 fully saturated rings. The van der Waals surface area contributed by atoms with E-state index in [1.165, 1.54) is 0 Å². The van der Waals surface area contributed by atoms with Gasteiger partial charge < -0.3 is 4.74 Å². The van der Waals surface area contributed by atoms with E-state index in [-0.39, 0.29) is 0 Å². The van der Waals surface area contributed by atoms with Crippen LogP contribution in [0.25, 0.3) is 0 Å². The maximum absolute atomic E-state index is 5.42. The van der Waals surface area contributed by atoms with Crippen LogP contribution < -0.4 is 0 Å². The van der Waals surface area contributed by atoms with Crippen LogP contribution in [0.1, 0.15) is 6.92 Å². The summed E-state index contributed by atoms with van der Waals surface area (Å²) in [5, 5.41) is 0. The number of hydrogen-bond donors (Lipinski definition) is 0. The Morgan fingerprint density at radius 1 is 1.73 bits per heavy atom. The van der Waals surface area contributed by atoms with Crippen LogP contribution in [0.3, 0.4) is 0 Å². The molecule has 0 unspecified atom stereocenters. The fourth-order valence-electron chi connectivity index (χ4n) is 1.25. The van der Waals surface area contributed by atoms with Crippen LogP contribution in [0.4, 0.5) is 0 Å². The van der Waals surface area contributed by atoms with Gasteiger partial charge in [-0.05, 0) is 6.92 Å². The van der Waals surface area contributed by atoms with Crippen molar-refractivity contribution in [2.24, 2.45) is 0 Å². The summed E-state index contributed by atoms with van der Waals surface area (Å²) in [6, 6.07) is 0. The molecular weight excluding hydrogens is 162 g/mol. The summed E-state index contributed by atoms with van der Waals surface area (Å²) in [6.07, 6.45) is 2.33. The third-order valence-corrected chi connectivity index (χ3v) is 1.96. The molecule has 0 aliphatic carbocycles. The van der Waals surface area contributed by atoms with Crippen LogP contribution in [-0.2, 0) is 4.74 Å². The molecule has 1 atom stereocenters. The fourth-order valence-corrected chi connectivity index (χ4v) is 1.33. The Kier molecular flexibility index (Phi) is 3.91. The lowest BCUT2D eigenvalue weighted by Gasteiger charge is -2.29. The van der Waals surface area contributed by atoms with Gasteiger partial charge in [-0.3, -0.25) is 4.90 Å².